The van der Waals surface area contributed by atoms with E-state index in [9.17, 15) is 4.39 Å². The van der Waals surface area contributed by atoms with Crippen LogP contribution in [0.5, 0.6) is 11.5 Å². The summed E-state index contributed by atoms with van der Waals surface area (Å²) in [6.45, 7) is 10.3. The minimum Gasteiger partial charge on any atom is -0.493 e. The molecule has 0 atom stereocenters. The number of hydrogen-bond donors (Lipinski definition) is 2. The Labute approximate surface area is 203 Å². The molecule has 0 aliphatic rings. The maximum atomic E-state index is 12.3. The largest absolute Gasteiger partial charge is 0.493 e. The van der Waals surface area contributed by atoms with Gasteiger partial charge in [-0.25, -0.2) is 0 Å². The second-order valence-corrected chi connectivity index (χ2v) is 8.70. The smallest absolute Gasteiger partial charge is 0.123 e. The van der Waals surface area contributed by atoms with E-state index in [1.165, 1.54) is 11.1 Å². The Hall–Kier alpha value is -2.63. The van der Waals surface area contributed by atoms with E-state index in [-0.39, 0.29) is 19.9 Å². The Kier molecular flexibility index (Phi) is 12.4. The summed E-state index contributed by atoms with van der Waals surface area (Å²) >= 11 is 0. The molecule has 2 N–H and O–H groups in total. The minimum atomic E-state index is -0.228. The van der Waals surface area contributed by atoms with Gasteiger partial charge in [-0.15, -0.1) is 0 Å². The number of aliphatic hydroxyl groups is 2. The van der Waals surface area contributed by atoms with Crippen LogP contribution in [0.2, 0.25) is 0 Å². The van der Waals surface area contributed by atoms with Gasteiger partial charge in [-0.1, -0.05) is 44.2 Å². The first-order valence-corrected chi connectivity index (χ1v) is 12.1. The van der Waals surface area contributed by atoms with E-state index in [4.69, 9.17) is 19.7 Å². The summed E-state index contributed by atoms with van der Waals surface area (Å²) in [5.41, 5.74) is 6.07. The van der Waals surface area contributed by atoms with Crippen molar-refractivity contribution in [3.8, 4) is 22.6 Å². The zero-order chi connectivity index (χ0) is 24.8. The molecule has 4 nitrogen and oxygen atoms in total. The number of hydrogen-bond acceptors (Lipinski definition) is 4. The number of benzene rings is 2. The number of halogens is 1. The van der Waals surface area contributed by atoms with Gasteiger partial charge in [-0.05, 0) is 71.7 Å². The first-order valence-electron chi connectivity index (χ1n) is 12.1. The predicted octanol–water partition coefficient (Wildman–Crippen LogP) is 6.37. The third kappa shape index (κ3) is 9.70. The normalized spacial score (nSPS) is 10.8. The van der Waals surface area contributed by atoms with Crippen LogP contribution in [0, 0.1) is 6.92 Å². The summed E-state index contributed by atoms with van der Waals surface area (Å²) in [6, 6.07) is 12.3. The van der Waals surface area contributed by atoms with E-state index in [2.05, 4.69) is 38.3 Å². The second-order valence-electron chi connectivity index (χ2n) is 8.70. The fourth-order valence-corrected chi connectivity index (χ4v) is 3.61. The summed E-state index contributed by atoms with van der Waals surface area (Å²) in [4.78, 5) is 0. The lowest BCUT2D eigenvalue weighted by Gasteiger charge is -2.14. The highest BCUT2D eigenvalue weighted by molar-refractivity contribution is 5.68. The lowest BCUT2D eigenvalue weighted by atomic mass is 9.96. The maximum Gasteiger partial charge on any atom is 0.123 e. The quantitative estimate of drug-likeness (QED) is 0.208. The van der Waals surface area contributed by atoms with Gasteiger partial charge in [0.25, 0.3) is 0 Å². The molecule has 0 amide bonds. The van der Waals surface area contributed by atoms with Gasteiger partial charge >= 0.3 is 0 Å². The average molecular weight is 471 g/mol. The standard InChI is InChI=1S/C29H39FO4/c1-22(20-31)11-14-33-28-17-27(18-29(19-28)34-15-12-23(2)21-32)26-10-9-25(24(3)16-26)8-6-4-5-7-13-30/h9-10,16-19,31-32H,1-2,4-8,11-15,20-21H2,3H3. The molecule has 5 heteroatoms. The van der Waals surface area contributed by atoms with E-state index in [1.54, 1.807) is 0 Å². The molecule has 0 aliphatic carbocycles. The molecule has 2 rings (SSSR count). The van der Waals surface area contributed by atoms with Crippen molar-refractivity contribution in [1.82, 2.24) is 0 Å². The van der Waals surface area contributed by atoms with E-state index in [0.29, 0.717) is 44.0 Å². The van der Waals surface area contributed by atoms with E-state index in [0.717, 1.165) is 48.0 Å². The van der Waals surface area contributed by atoms with Gasteiger partial charge < -0.3 is 19.7 Å². The summed E-state index contributed by atoms with van der Waals surface area (Å²) in [7, 11) is 0. The lowest BCUT2D eigenvalue weighted by molar-refractivity contribution is 0.285. The molecule has 0 spiro atoms. The van der Waals surface area contributed by atoms with Gasteiger partial charge in [-0.3, -0.25) is 4.39 Å². The van der Waals surface area contributed by atoms with Crippen molar-refractivity contribution in [2.24, 2.45) is 0 Å². The Bertz CT molecular complexity index is 882. The van der Waals surface area contributed by atoms with Crippen LogP contribution in [0.3, 0.4) is 0 Å². The van der Waals surface area contributed by atoms with Gasteiger partial charge in [0.1, 0.15) is 11.5 Å². The van der Waals surface area contributed by atoms with Crippen molar-refractivity contribution >= 4 is 0 Å². The van der Waals surface area contributed by atoms with E-state index < -0.39 is 0 Å². The fourth-order valence-electron chi connectivity index (χ4n) is 3.61. The number of alkyl halides is 1. The van der Waals surface area contributed by atoms with Crippen molar-refractivity contribution in [2.45, 2.75) is 51.9 Å². The highest BCUT2D eigenvalue weighted by atomic mass is 19.1. The number of ether oxygens (including phenoxy) is 2. The molecule has 0 aromatic heterocycles. The molecule has 0 fully saturated rings. The lowest BCUT2D eigenvalue weighted by Crippen LogP contribution is -2.03. The highest BCUT2D eigenvalue weighted by Gasteiger charge is 2.09. The summed E-state index contributed by atoms with van der Waals surface area (Å²) in [5, 5.41) is 18.3. The van der Waals surface area contributed by atoms with Crippen molar-refractivity contribution in [3.63, 3.8) is 0 Å². The molecule has 2 aromatic rings. The predicted molar refractivity (Wildman–Crippen MR) is 137 cm³/mol. The molecule has 0 aliphatic heterocycles. The Morgan fingerprint density at radius 1 is 0.794 bits per heavy atom. The summed E-state index contributed by atoms with van der Waals surface area (Å²) in [5.74, 6) is 1.38. The molecule has 186 valence electrons. The van der Waals surface area contributed by atoms with Gasteiger partial charge in [0.15, 0.2) is 0 Å². The van der Waals surface area contributed by atoms with Crippen LogP contribution in [0.25, 0.3) is 11.1 Å². The first kappa shape index (κ1) is 27.6. The molecule has 0 saturated heterocycles. The van der Waals surface area contributed by atoms with Crippen LogP contribution < -0.4 is 9.47 Å². The fraction of sp³-hybridized carbons (Fsp3) is 0.448. The number of rotatable bonds is 17. The Morgan fingerprint density at radius 3 is 1.91 bits per heavy atom. The average Bonchev–Trinajstić information content (AvgIpc) is 2.84. The molecule has 0 heterocycles. The number of unbranched alkanes of at least 4 members (excludes halogenated alkanes) is 3. The van der Waals surface area contributed by atoms with E-state index >= 15 is 0 Å². The van der Waals surface area contributed by atoms with Crippen molar-refractivity contribution in [3.05, 3.63) is 71.8 Å². The van der Waals surface area contributed by atoms with Crippen LogP contribution in [0.4, 0.5) is 4.39 Å². The zero-order valence-corrected chi connectivity index (χ0v) is 20.5. The molecule has 0 radical (unpaired) electrons. The van der Waals surface area contributed by atoms with Gasteiger partial charge in [0.2, 0.25) is 0 Å². The molecule has 34 heavy (non-hydrogen) atoms. The van der Waals surface area contributed by atoms with Gasteiger partial charge in [0.05, 0.1) is 33.1 Å². The van der Waals surface area contributed by atoms with Crippen LogP contribution in [0.1, 0.15) is 49.7 Å². The number of aryl methyl sites for hydroxylation is 2. The molecule has 0 saturated carbocycles. The molecule has 2 aromatic carbocycles. The number of aliphatic hydroxyl groups excluding tert-OH is 2. The second kappa shape index (κ2) is 15.3. The van der Waals surface area contributed by atoms with Crippen molar-refractivity contribution in [2.75, 3.05) is 33.1 Å². The first-order chi connectivity index (χ1) is 16.5. The van der Waals surface area contributed by atoms with Gasteiger partial charge in [-0.2, -0.15) is 0 Å². The third-order valence-electron chi connectivity index (χ3n) is 5.78. The minimum absolute atomic E-state index is 0.0476. The van der Waals surface area contributed by atoms with Crippen LogP contribution in [0.15, 0.2) is 60.7 Å². The van der Waals surface area contributed by atoms with Crippen molar-refractivity contribution in [1.29, 1.82) is 0 Å². The molecular weight excluding hydrogens is 431 g/mol. The summed E-state index contributed by atoms with van der Waals surface area (Å²) < 4.78 is 24.1. The maximum absolute atomic E-state index is 12.3. The van der Waals surface area contributed by atoms with Crippen LogP contribution in [-0.2, 0) is 6.42 Å². The van der Waals surface area contributed by atoms with Crippen LogP contribution >= 0.6 is 0 Å². The molecule has 0 bridgehead atoms. The van der Waals surface area contributed by atoms with E-state index in [1.807, 2.05) is 18.2 Å². The zero-order valence-electron chi connectivity index (χ0n) is 20.5. The Balaban J connectivity index is 2.15. The molecular formula is C29H39FO4. The monoisotopic (exact) mass is 470 g/mol. The highest BCUT2D eigenvalue weighted by Crippen LogP contribution is 2.32. The Morgan fingerprint density at radius 2 is 1.38 bits per heavy atom. The SMILES string of the molecule is C=C(CO)CCOc1cc(OCCC(=C)CO)cc(-c2ccc(CCCCCCF)c(C)c2)c1. The third-order valence-corrected chi connectivity index (χ3v) is 5.78. The molecule has 0 unspecified atom stereocenters. The van der Waals surface area contributed by atoms with Gasteiger partial charge in [0, 0.05) is 18.9 Å². The van der Waals surface area contributed by atoms with Crippen LogP contribution in [-0.4, -0.2) is 43.3 Å². The van der Waals surface area contributed by atoms with Crippen molar-refractivity contribution < 1.29 is 24.1 Å². The topological polar surface area (TPSA) is 58.9 Å². The summed E-state index contributed by atoms with van der Waals surface area (Å²) in [6.07, 6.45) is 5.87.